The molecule has 24 heavy (non-hydrogen) atoms. The normalized spacial score (nSPS) is 17.8. The van der Waals surface area contributed by atoms with Gasteiger partial charge >= 0.3 is 0 Å². The van der Waals surface area contributed by atoms with Crippen LogP contribution in [-0.4, -0.2) is 27.7 Å². The molecule has 120 valence electrons. The first kappa shape index (κ1) is 14.6. The van der Waals surface area contributed by atoms with Gasteiger partial charge in [-0.15, -0.1) is 0 Å². The number of piperidine rings is 1. The molecule has 1 atom stereocenters. The van der Waals surface area contributed by atoms with Crippen molar-refractivity contribution >= 4 is 11.5 Å². The van der Waals surface area contributed by atoms with Crippen molar-refractivity contribution in [2.24, 2.45) is 5.92 Å². The molecule has 3 heterocycles. The van der Waals surface area contributed by atoms with Crippen LogP contribution < -0.4 is 4.90 Å². The molecule has 1 fully saturated rings. The van der Waals surface area contributed by atoms with Gasteiger partial charge in [-0.25, -0.2) is 9.37 Å². The first-order valence-electron chi connectivity index (χ1n) is 8.00. The Morgan fingerprint density at radius 2 is 2.04 bits per heavy atom. The van der Waals surface area contributed by atoms with E-state index in [0.717, 1.165) is 42.1 Å². The molecule has 0 spiro atoms. The Balaban J connectivity index is 1.81. The number of nitrogens with zero attached hydrogens (tertiary/aromatic N) is 5. The molecule has 3 aromatic rings. The molecular weight excluding hydrogens is 305 g/mol. The molecule has 4 rings (SSSR count). The third-order valence-corrected chi connectivity index (χ3v) is 4.41. The molecule has 0 N–H and O–H groups in total. The summed E-state index contributed by atoms with van der Waals surface area (Å²) in [6.07, 6.45) is 3.63. The van der Waals surface area contributed by atoms with Crippen LogP contribution in [0.5, 0.6) is 0 Å². The van der Waals surface area contributed by atoms with Crippen molar-refractivity contribution < 1.29 is 4.39 Å². The van der Waals surface area contributed by atoms with Gasteiger partial charge in [0.15, 0.2) is 5.65 Å². The Hall–Kier alpha value is -2.94. The van der Waals surface area contributed by atoms with Gasteiger partial charge in [-0.1, -0.05) is 0 Å². The molecule has 6 heteroatoms. The van der Waals surface area contributed by atoms with Crippen molar-refractivity contribution in [2.75, 3.05) is 18.0 Å². The van der Waals surface area contributed by atoms with Crippen LogP contribution in [0.15, 0.2) is 42.6 Å². The van der Waals surface area contributed by atoms with Crippen LogP contribution >= 0.6 is 0 Å². The van der Waals surface area contributed by atoms with E-state index in [1.165, 1.54) is 12.1 Å². The molecule has 1 aliphatic rings. The van der Waals surface area contributed by atoms with Crippen LogP contribution in [0.25, 0.3) is 16.9 Å². The van der Waals surface area contributed by atoms with Gasteiger partial charge in [0.2, 0.25) is 0 Å². The highest BCUT2D eigenvalue weighted by Crippen LogP contribution is 2.27. The number of hydrogen-bond donors (Lipinski definition) is 0. The third kappa shape index (κ3) is 2.58. The monoisotopic (exact) mass is 321 g/mol. The van der Waals surface area contributed by atoms with E-state index < -0.39 is 0 Å². The Bertz CT molecular complexity index is 909. The van der Waals surface area contributed by atoms with Crippen LogP contribution in [0.3, 0.4) is 0 Å². The fourth-order valence-electron chi connectivity index (χ4n) is 3.18. The van der Waals surface area contributed by atoms with Crippen LogP contribution in [-0.2, 0) is 0 Å². The largest absolute Gasteiger partial charge is 0.355 e. The zero-order valence-corrected chi connectivity index (χ0v) is 13.1. The minimum absolute atomic E-state index is 0.0341. The Morgan fingerprint density at radius 3 is 2.83 bits per heavy atom. The van der Waals surface area contributed by atoms with Gasteiger partial charge < -0.3 is 4.90 Å². The van der Waals surface area contributed by atoms with E-state index in [2.05, 4.69) is 21.1 Å². The van der Waals surface area contributed by atoms with Crippen LogP contribution in [0.4, 0.5) is 10.2 Å². The highest BCUT2D eigenvalue weighted by atomic mass is 19.1. The number of hydrogen-bond acceptors (Lipinski definition) is 4. The molecule has 0 amide bonds. The SMILES string of the molecule is N#CC1CCCN(c2cc(-c3ccc(F)cc3)nc3ccnn23)C1. The van der Waals surface area contributed by atoms with Gasteiger partial charge in [0.05, 0.1) is 23.9 Å². The maximum atomic E-state index is 13.2. The van der Waals surface area contributed by atoms with Crippen molar-refractivity contribution in [1.29, 1.82) is 5.26 Å². The molecule has 0 bridgehead atoms. The van der Waals surface area contributed by atoms with Crippen molar-refractivity contribution in [2.45, 2.75) is 12.8 Å². The molecular formula is C18H16FN5. The number of nitriles is 1. The highest BCUT2D eigenvalue weighted by Gasteiger charge is 2.22. The van der Waals surface area contributed by atoms with E-state index in [4.69, 9.17) is 0 Å². The molecule has 5 nitrogen and oxygen atoms in total. The van der Waals surface area contributed by atoms with Gasteiger partial charge in [-0.3, -0.25) is 0 Å². The zero-order chi connectivity index (χ0) is 16.5. The van der Waals surface area contributed by atoms with E-state index in [1.54, 1.807) is 22.8 Å². The molecule has 0 aliphatic carbocycles. The van der Waals surface area contributed by atoms with E-state index in [1.807, 2.05) is 12.1 Å². The summed E-state index contributed by atoms with van der Waals surface area (Å²) in [4.78, 5) is 6.80. The van der Waals surface area contributed by atoms with Crippen LogP contribution in [0, 0.1) is 23.1 Å². The van der Waals surface area contributed by atoms with Gasteiger partial charge in [-0.2, -0.15) is 14.9 Å². The lowest BCUT2D eigenvalue weighted by molar-refractivity contribution is 0.488. The molecule has 1 saturated heterocycles. The second-order valence-electron chi connectivity index (χ2n) is 6.02. The summed E-state index contributed by atoms with van der Waals surface area (Å²) in [5.74, 6) is 0.688. The molecule has 0 radical (unpaired) electrons. The Morgan fingerprint density at radius 1 is 1.21 bits per heavy atom. The van der Waals surface area contributed by atoms with Gasteiger partial charge in [-0.05, 0) is 37.1 Å². The predicted molar refractivity (Wildman–Crippen MR) is 88.9 cm³/mol. The average molecular weight is 321 g/mol. The van der Waals surface area contributed by atoms with Crippen molar-refractivity contribution in [3.05, 3.63) is 48.4 Å². The lowest BCUT2D eigenvalue weighted by Gasteiger charge is -2.31. The summed E-state index contributed by atoms with van der Waals surface area (Å²) in [6.45, 7) is 1.58. The number of rotatable bonds is 2. The lowest BCUT2D eigenvalue weighted by Crippen LogP contribution is -2.36. The van der Waals surface area contributed by atoms with Gasteiger partial charge in [0, 0.05) is 30.8 Å². The quantitative estimate of drug-likeness (QED) is 0.727. The maximum Gasteiger partial charge on any atom is 0.157 e. The summed E-state index contributed by atoms with van der Waals surface area (Å²) in [5, 5.41) is 13.6. The highest BCUT2D eigenvalue weighted by molar-refractivity contribution is 5.67. The van der Waals surface area contributed by atoms with Crippen LogP contribution in [0.2, 0.25) is 0 Å². The van der Waals surface area contributed by atoms with Gasteiger partial charge in [0.1, 0.15) is 11.6 Å². The number of benzene rings is 1. The minimum atomic E-state index is -0.266. The minimum Gasteiger partial charge on any atom is -0.355 e. The summed E-state index contributed by atoms with van der Waals surface area (Å²) in [5.41, 5.74) is 2.37. The molecule has 1 aromatic carbocycles. The van der Waals surface area contributed by atoms with E-state index in [0.29, 0.717) is 6.54 Å². The smallest absolute Gasteiger partial charge is 0.157 e. The second kappa shape index (κ2) is 5.93. The first-order chi connectivity index (χ1) is 11.7. The fraction of sp³-hybridized carbons (Fsp3) is 0.278. The van der Waals surface area contributed by atoms with Crippen molar-refractivity contribution in [3.63, 3.8) is 0 Å². The first-order valence-corrected chi connectivity index (χ1v) is 8.00. The summed E-state index contributed by atoms with van der Waals surface area (Å²) < 4.78 is 15.0. The summed E-state index contributed by atoms with van der Waals surface area (Å²) >= 11 is 0. The predicted octanol–water partition coefficient (Wildman–Crippen LogP) is 3.28. The third-order valence-electron chi connectivity index (χ3n) is 4.41. The van der Waals surface area contributed by atoms with Crippen molar-refractivity contribution in [1.82, 2.24) is 14.6 Å². The fourth-order valence-corrected chi connectivity index (χ4v) is 3.18. The summed E-state index contributed by atoms with van der Waals surface area (Å²) in [6, 6.07) is 12.5. The average Bonchev–Trinajstić information content (AvgIpc) is 3.10. The Kier molecular flexibility index (Phi) is 3.62. The zero-order valence-electron chi connectivity index (χ0n) is 13.1. The van der Waals surface area contributed by atoms with E-state index in [9.17, 15) is 9.65 Å². The van der Waals surface area contributed by atoms with E-state index in [-0.39, 0.29) is 11.7 Å². The molecule has 1 unspecified atom stereocenters. The maximum absolute atomic E-state index is 13.2. The lowest BCUT2D eigenvalue weighted by atomic mass is 9.99. The number of halogens is 1. The van der Waals surface area contributed by atoms with E-state index >= 15 is 0 Å². The van der Waals surface area contributed by atoms with Gasteiger partial charge in [0.25, 0.3) is 0 Å². The molecule has 1 aliphatic heterocycles. The Labute approximate surface area is 139 Å². The molecule has 2 aromatic heterocycles. The number of aromatic nitrogens is 3. The second-order valence-corrected chi connectivity index (χ2v) is 6.02. The topological polar surface area (TPSA) is 57.2 Å². The van der Waals surface area contributed by atoms with Crippen molar-refractivity contribution in [3.8, 4) is 17.3 Å². The number of fused-ring (bicyclic) bond motifs is 1. The molecule has 0 saturated carbocycles. The summed E-state index contributed by atoms with van der Waals surface area (Å²) in [7, 11) is 0. The standard InChI is InChI=1S/C18H16FN5/c19-15-5-3-14(4-6-15)16-10-18(24-17(22-16)7-8-21-24)23-9-1-2-13(11-20)12-23/h3-8,10,13H,1-2,9,12H2. The number of anilines is 1. The van der Waals surface area contributed by atoms with Crippen LogP contribution in [0.1, 0.15) is 12.8 Å².